The SMILES string of the molecule is CCn1c(=O)[nH]/c(=N\c2ccc(Oc3ccsc3C(=O)O)cc2)n(Cc2ccc(Cl)cc2)c1=O. The van der Waals surface area contributed by atoms with Crippen LogP contribution in [0.3, 0.4) is 0 Å². The van der Waals surface area contributed by atoms with Crippen LogP contribution < -0.4 is 21.7 Å². The van der Waals surface area contributed by atoms with Crippen molar-refractivity contribution in [1.82, 2.24) is 14.1 Å². The Morgan fingerprint density at radius 2 is 1.79 bits per heavy atom. The lowest BCUT2D eigenvalue weighted by atomic mass is 10.2. The van der Waals surface area contributed by atoms with Crippen LogP contribution in [-0.4, -0.2) is 25.2 Å². The highest BCUT2D eigenvalue weighted by Crippen LogP contribution is 2.30. The number of nitrogens with zero attached hydrogens (tertiary/aromatic N) is 3. The van der Waals surface area contributed by atoms with Gasteiger partial charge in [0.2, 0.25) is 5.62 Å². The van der Waals surface area contributed by atoms with Gasteiger partial charge in [-0.05, 0) is 60.3 Å². The summed E-state index contributed by atoms with van der Waals surface area (Å²) in [6.07, 6.45) is 0. The van der Waals surface area contributed by atoms with Gasteiger partial charge in [0, 0.05) is 11.6 Å². The molecule has 0 saturated heterocycles. The van der Waals surface area contributed by atoms with E-state index in [1.54, 1.807) is 66.9 Å². The molecule has 0 fully saturated rings. The maximum absolute atomic E-state index is 13.0. The number of carboxylic acid groups (broad SMARTS) is 1. The molecule has 34 heavy (non-hydrogen) atoms. The summed E-state index contributed by atoms with van der Waals surface area (Å²) in [6.45, 7) is 2.10. The molecule has 0 atom stereocenters. The largest absolute Gasteiger partial charge is 0.477 e. The molecule has 2 aromatic carbocycles. The molecule has 0 aliphatic carbocycles. The van der Waals surface area contributed by atoms with Crippen LogP contribution in [-0.2, 0) is 13.1 Å². The van der Waals surface area contributed by atoms with Gasteiger partial charge in [0.1, 0.15) is 5.75 Å². The van der Waals surface area contributed by atoms with Gasteiger partial charge in [0.05, 0.1) is 12.2 Å². The average molecular weight is 499 g/mol. The predicted molar refractivity (Wildman–Crippen MR) is 129 cm³/mol. The van der Waals surface area contributed by atoms with E-state index in [9.17, 15) is 19.5 Å². The number of aromatic amines is 1. The molecule has 2 heterocycles. The minimum absolute atomic E-state index is 0.0920. The summed E-state index contributed by atoms with van der Waals surface area (Å²) in [5, 5.41) is 11.4. The number of rotatable bonds is 7. The molecule has 0 aliphatic rings. The molecule has 2 aromatic heterocycles. The molecule has 4 rings (SSSR count). The van der Waals surface area contributed by atoms with Gasteiger partial charge < -0.3 is 9.84 Å². The topological polar surface area (TPSA) is 119 Å². The van der Waals surface area contributed by atoms with Crippen molar-refractivity contribution in [1.29, 1.82) is 0 Å². The van der Waals surface area contributed by atoms with Crippen molar-refractivity contribution in [3.05, 3.63) is 102 Å². The van der Waals surface area contributed by atoms with Gasteiger partial charge in [-0.15, -0.1) is 11.3 Å². The van der Waals surface area contributed by atoms with Gasteiger partial charge in [0.25, 0.3) is 0 Å². The van der Waals surface area contributed by atoms with Crippen molar-refractivity contribution < 1.29 is 14.6 Å². The molecule has 0 unspecified atom stereocenters. The number of nitrogens with one attached hydrogen (secondary N) is 1. The number of hydrogen-bond acceptors (Lipinski definition) is 6. The van der Waals surface area contributed by atoms with Crippen LogP contribution in [0, 0.1) is 0 Å². The van der Waals surface area contributed by atoms with Gasteiger partial charge in [0.15, 0.2) is 10.6 Å². The van der Waals surface area contributed by atoms with Crippen molar-refractivity contribution >= 4 is 34.6 Å². The fourth-order valence-electron chi connectivity index (χ4n) is 3.21. The fraction of sp³-hybridized carbons (Fsp3) is 0.130. The standard InChI is InChI=1S/C23H19ClN4O5S/c1-2-27-22(31)26-21(28(23(27)32)13-14-3-5-15(24)6-4-14)25-16-7-9-17(10-8-16)33-18-11-12-34-19(18)20(29)30/h3-12H,2,13H2,1H3,(H,29,30)(H,25,26,31). The zero-order valence-corrected chi connectivity index (χ0v) is 19.5. The van der Waals surface area contributed by atoms with Crippen LogP contribution in [0.25, 0.3) is 0 Å². The molecule has 0 bridgehead atoms. The number of aromatic carboxylic acids is 1. The normalized spacial score (nSPS) is 11.5. The number of carboxylic acids is 1. The highest BCUT2D eigenvalue weighted by Gasteiger charge is 2.14. The first-order valence-electron chi connectivity index (χ1n) is 10.2. The van der Waals surface area contributed by atoms with E-state index < -0.39 is 17.3 Å². The third-order valence-corrected chi connectivity index (χ3v) is 6.01. The van der Waals surface area contributed by atoms with E-state index in [-0.39, 0.29) is 29.3 Å². The number of halogens is 1. The van der Waals surface area contributed by atoms with Gasteiger partial charge in [-0.2, -0.15) is 0 Å². The average Bonchev–Trinajstić information content (AvgIpc) is 3.28. The Labute approximate surface area is 201 Å². The van der Waals surface area contributed by atoms with Crippen LogP contribution in [0.1, 0.15) is 22.2 Å². The molecule has 2 N–H and O–H groups in total. The minimum Gasteiger partial charge on any atom is -0.477 e. The molecule has 4 aromatic rings. The third-order valence-electron chi connectivity index (χ3n) is 4.87. The molecule has 0 spiro atoms. The number of carbonyl (C=O) groups is 1. The predicted octanol–water partition coefficient (Wildman–Crippen LogP) is 3.84. The first-order chi connectivity index (χ1) is 16.4. The van der Waals surface area contributed by atoms with Crippen molar-refractivity contribution in [2.45, 2.75) is 20.0 Å². The zero-order valence-electron chi connectivity index (χ0n) is 17.9. The summed E-state index contributed by atoms with van der Waals surface area (Å²) in [6, 6.07) is 15.1. The third kappa shape index (κ3) is 5.03. The van der Waals surface area contributed by atoms with E-state index in [2.05, 4.69) is 9.98 Å². The quantitative estimate of drug-likeness (QED) is 0.401. The monoisotopic (exact) mass is 498 g/mol. The van der Waals surface area contributed by atoms with Gasteiger partial charge in [-0.1, -0.05) is 23.7 Å². The molecule has 0 radical (unpaired) electrons. The molecule has 0 saturated carbocycles. The van der Waals surface area contributed by atoms with Crippen molar-refractivity contribution in [3.8, 4) is 11.5 Å². The summed E-state index contributed by atoms with van der Waals surface area (Å²) in [7, 11) is 0. The van der Waals surface area contributed by atoms with Crippen molar-refractivity contribution in [3.63, 3.8) is 0 Å². The van der Waals surface area contributed by atoms with Gasteiger partial charge in [-0.25, -0.2) is 23.9 Å². The van der Waals surface area contributed by atoms with E-state index in [4.69, 9.17) is 16.3 Å². The minimum atomic E-state index is -1.06. The lowest BCUT2D eigenvalue weighted by Gasteiger charge is -2.10. The summed E-state index contributed by atoms with van der Waals surface area (Å²) in [5.74, 6) is -0.396. The van der Waals surface area contributed by atoms with Crippen molar-refractivity contribution in [2.24, 2.45) is 4.99 Å². The summed E-state index contributed by atoms with van der Waals surface area (Å²) in [5.41, 5.74) is 0.321. The van der Waals surface area contributed by atoms with E-state index in [1.165, 1.54) is 4.57 Å². The maximum atomic E-state index is 13.0. The maximum Gasteiger partial charge on any atom is 0.349 e. The summed E-state index contributed by atoms with van der Waals surface area (Å²) in [4.78, 5) is 43.9. The van der Waals surface area contributed by atoms with Crippen LogP contribution in [0.5, 0.6) is 11.5 Å². The molecule has 0 aliphatic heterocycles. The van der Waals surface area contributed by atoms with E-state index in [0.29, 0.717) is 16.5 Å². The number of ether oxygens (including phenoxy) is 1. The zero-order chi connectivity index (χ0) is 24.2. The Morgan fingerprint density at radius 1 is 1.09 bits per heavy atom. The Hall–Kier alpha value is -3.89. The number of aromatic nitrogens is 3. The van der Waals surface area contributed by atoms with E-state index >= 15 is 0 Å². The molecule has 174 valence electrons. The number of benzene rings is 2. The van der Waals surface area contributed by atoms with Crippen molar-refractivity contribution in [2.75, 3.05) is 0 Å². The highest BCUT2D eigenvalue weighted by atomic mass is 35.5. The molecular weight excluding hydrogens is 480 g/mol. The van der Waals surface area contributed by atoms with E-state index in [0.717, 1.165) is 21.5 Å². The first kappa shape index (κ1) is 23.3. The number of H-pyrrole nitrogens is 1. The van der Waals surface area contributed by atoms with Crippen LogP contribution in [0.4, 0.5) is 5.69 Å². The number of hydrogen-bond donors (Lipinski definition) is 2. The van der Waals surface area contributed by atoms with E-state index in [1.807, 2.05) is 0 Å². The molecule has 11 heteroatoms. The Bertz CT molecular complexity index is 1520. The van der Waals surface area contributed by atoms with Crippen LogP contribution in [0.15, 0.2) is 74.6 Å². The molecule has 0 amide bonds. The van der Waals surface area contributed by atoms with Crippen LogP contribution in [0.2, 0.25) is 5.02 Å². The van der Waals surface area contributed by atoms with Gasteiger partial charge in [-0.3, -0.25) is 9.55 Å². The summed E-state index contributed by atoms with van der Waals surface area (Å²) < 4.78 is 8.13. The molecular formula is C23H19ClN4O5S. The number of thiophene rings is 1. The second-order valence-electron chi connectivity index (χ2n) is 7.12. The summed E-state index contributed by atoms with van der Waals surface area (Å²) >= 11 is 7.03. The fourth-order valence-corrected chi connectivity index (χ4v) is 3.99. The lowest BCUT2D eigenvalue weighted by Crippen LogP contribution is -2.49. The smallest absolute Gasteiger partial charge is 0.349 e. The van der Waals surface area contributed by atoms with Crippen LogP contribution >= 0.6 is 22.9 Å². The molecule has 9 nitrogen and oxygen atoms in total. The van der Waals surface area contributed by atoms with Gasteiger partial charge >= 0.3 is 17.3 Å². The highest BCUT2D eigenvalue weighted by molar-refractivity contribution is 7.12. The Morgan fingerprint density at radius 3 is 2.44 bits per heavy atom. The second kappa shape index (κ2) is 9.94. The lowest BCUT2D eigenvalue weighted by molar-refractivity contribution is 0.0699. The second-order valence-corrected chi connectivity index (χ2v) is 8.47. The Balaban J connectivity index is 1.71. The Kier molecular flexibility index (Phi) is 6.80. The first-order valence-corrected chi connectivity index (χ1v) is 11.4.